The topological polar surface area (TPSA) is 47.6 Å². The number of halogens is 2. The molecule has 0 aliphatic heterocycles. The maximum Gasteiger partial charge on any atom is 0.387 e. The number of benzene rings is 1. The summed E-state index contributed by atoms with van der Waals surface area (Å²) in [6, 6.07) is 4.49. The molecule has 0 bridgehead atoms. The van der Waals surface area contributed by atoms with E-state index in [0.29, 0.717) is 18.7 Å². The van der Waals surface area contributed by atoms with Gasteiger partial charge in [-0.2, -0.15) is 8.78 Å². The Balaban J connectivity index is 2.89. The summed E-state index contributed by atoms with van der Waals surface area (Å²) in [4.78, 5) is 11.3. The van der Waals surface area contributed by atoms with Crippen LogP contribution in [0.15, 0.2) is 24.3 Å². The van der Waals surface area contributed by atoms with Crippen LogP contribution < -0.4 is 14.8 Å². The van der Waals surface area contributed by atoms with Gasteiger partial charge >= 0.3 is 6.61 Å². The molecule has 0 fully saturated rings. The number of alkyl halides is 2. The minimum atomic E-state index is -2.91. The Bertz CT molecular complexity index is 475. The first-order valence-corrected chi connectivity index (χ1v) is 6.24. The van der Waals surface area contributed by atoms with E-state index in [9.17, 15) is 13.6 Å². The summed E-state index contributed by atoms with van der Waals surface area (Å²) in [5.74, 6) is -0.0405. The summed E-state index contributed by atoms with van der Waals surface area (Å²) in [7, 11) is 0. The van der Waals surface area contributed by atoms with E-state index in [2.05, 4.69) is 10.1 Å². The second-order valence-electron chi connectivity index (χ2n) is 3.75. The van der Waals surface area contributed by atoms with Gasteiger partial charge in [0.2, 0.25) is 5.91 Å². The van der Waals surface area contributed by atoms with Crippen molar-refractivity contribution < 1.29 is 23.0 Å². The van der Waals surface area contributed by atoms with Gasteiger partial charge in [-0.15, -0.1) is 0 Å². The van der Waals surface area contributed by atoms with Crippen molar-refractivity contribution in [2.24, 2.45) is 0 Å². The second-order valence-corrected chi connectivity index (χ2v) is 3.75. The van der Waals surface area contributed by atoms with Gasteiger partial charge in [0, 0.05) is 12.6 Å². The van der Waals surface area contributed by atoms with E-state index < -0.39 is 6.61 Å². The summed E-state index contributed by atoms with van der Waals surface area (Å²) in [5.41, 5.74) is 0.654. The Morgan fingerprint density at radius 1 is 1.35 bits per heavy atom. The molecule has 6 heteroatoms. The number of rotatable bonds is 7. The van der Waals surface area contributed by atoms with Crippen molar-refractivity contribution in [1.82, 2.24) is 5.32 Å². The number of carbonyl (C=O) groups is 1. The van der Waals surface area contributed by atoms with E-state index in [-0.39, 0.29) is 17.4 Å². The number of hydrogen-bond acceptors (Lipinski definition) is 3. The molecule has 0 heterocycles. The lowest BCUT2D eigenvalue weighted by Crippen LogP contribution is -2.19. The van der Waals surface area contributed by atoms with Crippen molar-refractivity contribution >= 4 is 12.0 Å². The van der Waals surface area contributed by atoms with Crippen molar-refractivity contribution in [3.05, 3.63) is 29.8 Å². The van der Waals surface area contributed by atoms with E-state index in [1.54, 1.807) is 19.1 Å². The molecular formula is C14H17F2NO3. The Hall–Kier alpha value is -2.11. The summed E-state index contributed by atoms with van der Waals surface area (Å²) in [6.45, 7) is 1.50. The van der Waals surface area contributed by atoms with Crippen LogP contribution in [0.3, 0.4) is 0 Å². The lowest BCUT2D eigenvalue weighted by Gasteiger charge is -2.11. The van der Waals surface area contributed by atoms with Gasteiger partial charge in [0.25, 0.3) is 0 Å². The predicted molar refractivity (Wildman–Crippen MR) is 72.0 cm³/mol. The van der Waals surface area contributed by atoms with Crippen molar-refractivity contribution in [1.29, 1.82) is 0 Å². The lowest BCUT2D eigenvalue weighted by atomic mass is 10.2. The van der Waals surface area contributed by atoms with Crippen molar-refractivity contribution in [2.45, 2.75) is 20.5 Å². The first-order chi connectivity index (χ1) is 9.56. The van der Waals surface area contributed by atoms with Crippen LogP contribution in [0.2, 0.25) is 0 Å². The number of hydrogen-bond donors (Lipinski definition) is 1. The van der Waals surface area contributed by atoms with E-state index >= 15 is 0 Å². The molecule has 1 amide bonds. The Morgan fingerprint density at radius 3 is 2.70 bits per heavy atom. The predicted octanol–water partition coefficient (Wildman–Crippen LogP) is 2.84. The molecule has 110 valence electrons. The molecule has 0 radical (unpaired) electrons. The monoisotopic (exact) mass is 285 g/mol. The minimum absolute atomic E-state index is 0.0305. The fraction of sp³-hybridized carbons (Fsp3) is 0.357. The van der Waals surface area contributed by atoms with Crippen LogP contribution in [-0.2, 0) is 4.79 Å². The van der Waals surface area contributed by atoms with Crippen LogP contribution in [0.4, 0.5) is 8.78 Å². The molecule has 0 saturated heterocycles. The third kappa shape index (κ3) is 5.26. The van der Waals surface area contributed by atoms with Gasteiger partial charge in [-0.05, 0) is 37.6 Å². The van der Waals surface area contributed by atoms with E-state index in [1.807, 2.05) is 6.92 Å². The Labute approximate surface area is 116 Å². The molecule has 0 spiro atoms. The molecule has 0 unspecified atom stereocenters. The molecule has 20 heavy (non-hydrogen) atoms. The van der Waals surface area contributed by atoms with Gasteiger partial charge in [-0.1, -0.05) is 6.07 Å². The first kappa shape index (κ1) is 15.9. The number of ether oxygens (including phenoxy) is 2. The summed E-state index contributed by atoms with van der Waals surface area (Å²) in [5, 5.41) is 2.61. The third-order valence-corrected chi connectivity index (χ3v) is 2.26. The fourth-order valence-electron chi connectivity index (χ4n) is 1.50. The van der Waals surface area contributed by atoms with Gasteiger partial charge in [0.15, 0.2) is 11.5 Å². The quantitative estimate of drug-likeness (QED) is 0.784. The van der Waals surface area contributed by atoms with Gasteiger partial charge in [0.05, 0.1) is 6.61 Å². The second kappa shape index (κ2) is 8.14. The minimum Gasteiger partial charge on any atom is -0.490 e. The fourth-order valence-corrected chi connectivity index (χ4v) is 1.50. The Morgan fingerprint density at radius 2 is 2.10 bits per heavy atom. The van der Waals surface area contributed by atoms with Crippen LogP contribution in [0.25, 0.3) is 6.08 Å². The molecule has 1 aromatic carbocycles. The molecular weight excluding hydrogens is 268 g/mol. The van der Waals surface area contributed by atoms with Crippen LogP contribution in [0.1, 0.15) is 19.4 Å². The standard InChI is InChI=1S/C14H17F2NO3/c1-3-17-13(18)8-6-10-5-7-11(20-14(15)16)12(9-10)19-4-2/h5-9,14H,3-4H2,1-2H3,(H,17,18). The molecule has 1 aromatic rings. The van der Waals surface area contributed by atoms with Crippen molar-refractivity contribution in [3.63, 3.8) is 0 Å². The van der Waals surface area contributed by atoms with Crippen molar-refractivity contribution in [3.8, 4) is 11.5 Å². The molecule has 4 nitrogen and oxygen atoms in total. The third-order valence-electron chi connectivity index (χ3n) is 2.26. The van der Waals surface area contributed by atoms with Crippen LogP contribution in [0, 0.1) is 0 Å². The van der Waals surface area contributed by atoms with Gasteiger partial charge < -0.3 is 14.8 Å². The van der Waals surface area contributed by atoms with Crippen LogP contribution in [-0.4, -0.2) is 25.7 Å². The summed E-state index contributed by atoms with van der Waals surface area (Å²) in [6.07, 6.45) is 2.93. The molecule has 0 aromatic heterocycles. The van der Waals surface area contributed by atoms with E-state index in [1.165, 1.54) is 18.2 Å². The zero-order valence-electron chi connectivity index (χ0n) is 11.4. The van der Waals surface area contributed by atoms with E-state index in [4.69, 9.17) is 4.74 Å². The SMILES string of the molecule is CCNC(=O)C=Cc1ccc(OC(F)F)c(OCC)c1. The van der Waals surface area contributed by atoms with Gasteiger partial charge in [-0.25, -0.2) is 0 Å². The number of nitrogens with one attached hydrogen (secondary N) is 1. The van der Waals surface area contributed by atoms with Crippen molar-refractivity contribution in [2.75, 3.05) is 13.2 Å². The maximum atomic E-state index is 12.2. The zero-order valence-corrected chi connectivity index (χ0v) is 11.4. The number of amides is 1. The smallest absolute Gasteiger partial charge is 0.387 e. The highest BCUT2D eigenvalue weighted by molar-refractivity contribution is 5.91. The Kier molecular flexibility index (Phi) is 6.49. The highest BCUT2D eigenvalue weighted by Gasteiger charge is 2.10. The number of likely N-dealkylation sites (N-methyl/N-ethyl adjacent to an activating group) is 1. The highest BCUT2D eigenvalue weighted by Crippen LogP contribution is 2.30. The molecule has 0 atom stereocenters. The van der Waals surface area contributed by atoms with Crippen LogP contribution in [0.5, 0.6) is 11.5 Å². The average Bonchev–Trinajstić information content (AvgIpc) is 2.39. The average molecular weight is 285 g/mol. The van der Waals surface area contributed by atoms with Gasteiger partial charge in [-0.3, -0.25) is 4.79 Å². The molecule has 1 N–H and O–H groups in total. The van der Waals surface area contributed by atoms with E-state index in [0.717, 1.165) is 0 Å². The molecule has 0 aliphatic rings. The summed E-state index contributed by atoms with van der Waals surface area (Å²) < 4.78 is 34.1. The highest BCUT2D eigenvalue weighted by atomic mass is 19.3. The maximum absolute atomic E-state index is 12.2. The zero-order chi connectivity index (χ0) is 15.0. The van der Waals surface area contributed by atoms with Crippen LogP contribution >= 0.6 is 0 Å². The normalized spacial score (nSPS) is 10.8. The molecule has 0 saturated carbocycles. The molecule has 0 aliphatic carbocycles. The largest absolute Gasteiger partial charge is 0.490 e. The number of carbonyl (C=O) groups excluding carboxylic acids is 1. The summed E-state index contributed by atoms with van der Waals surface area (Å²) >= 11 is 0. The lowest BCUT2D eigenvalue weighted by molar-refractivity contribution is -0.116. The first-order valence-electron chi connectivity index (χ1n) is 6.24. The van der Waals surface area contributed by atoms with Gasteiger partial charge in [0.1, 0.15) is 0 Å². The molecule has 1 rings (SSSR count).